The fourth-order valence-corrected chi connectivity index (χ4v) is 3.14. The van der Waals surface area contributed by atoms with Crippen LogP contribution in [0.4, 0.5) is 0 Å². The molecule has 130 valence electrons. The summed E-state index contributed by atoms with van der Waals surface area (Å²) in [6.07, 6.45) is 1.31. The van der Waals surface area contributed by atoms with Gasteiger partial charge in [-0.2, -0.15) is 0 Å². The van der Waals surface area contributed by atoms with Crippen molar-refractivity contribution in [3.8, 4) is 0 Å². The van der Waals surface area contributed by atoms with Crippen LogP contribution >= 0.6 is 81.2 Å². The minimum absolute atomic E-state index is 0.0153. The SMILES string of the molecule is O=C(O)/C=C/C(=O)OC/C(Cl)=C(\Cl)c1c(Cl)c(Cl)c(Cl)c(Cl)c1Cl. The van der Waals surface area contributed by atoms with Crippen molar-refractivity contribution < 1.29 is 19.4 Å². The molecule has 0 amide bonds. The Morgan fingerprint density at radius 2 is 1.33 bits per heavy atom. The lowest BCUT2D eigenvalue weighted by Crippen LogP contribution is -2.04. The van der Waals surface area contributed by atoms with Gasteiger partial charge in [0.05, 0.1) is 35.2 Å². The standard InChI is InChI=1S/C13H5Cl7O4/c14-4(3-24-6(23)2-1-5(21)22)8(15)7-9(16)11(18)13(20)12(19)10(7)17/h1-2H,3H2,(H,21,22)/b2-1+,8-4+. The van der Waals surface area contributed by atoms with Gasteiger partial charge < -0.3 is 9.84 Å². The first-order valence-corrected chi connectivity index (χ1v) is 8.36. The van der Waals surface area contributed by atoms with Crippen LogP contribution in [0.1, 0.15) is 5.56 Å². The van der Waals surface area contributed by atoms with Gasteiger partial charge in [0, 0.05) is 17.7 Å². The van der Waals surface area contributed by atoms with E-state index in [4.69, 9.17) is 91.0 Å². The minimum Gasteiger partial charge on any atom is -0.478 e. The maximum absolute atomic E-state index is 11.3. The maximum atomic E-state index is 11.3. The third-order valence-electron chi connectivity index (χ3n) is 2.37. The lowest BCUT2D eigenvalue weighted by molar-refractivity contribution is -0.137. The highest BCUT2D eigenvalue weighted by atomic mass is 35.5. The first-order valence-electron chi connectivity index (χ1n) is 5.71. The third kappa shape index (κ3) is 5.33. The smallest absolute Gasteiger partial charge is 0.331 e. The van der Waals surface area contributed by atoms with E-state index in [1.807, 2.05) is 0 Å². The molecule has 1 rings (SSSR count). The van der Waals surface area contributed by atoms with Crippen molar-refractivity contribution in [3.05, 3.63) is 47.9 Å². The second kappa shape index (κ2) is 9.39. The highest BCUT2D eigenvalue weighted by Gasteiger charge is 2.23. The summed E-state index contributed by atoms with van der Waals surface area (Å²) < 4.78 is 4.72. The molecule has 0 radical (unpaired) electrons. The van der Waals surface area contributed by atoms with Crippen LogP contribution < -0.4 is 0 Å². The lowest BCUT2D eigenvalue weighted by atomic mass is 10.2. The molecular formula is C13H5Cl7O4. The van der Waals surface area contributed by atoms with Crippen LogP contribution in [0.3, 0.4) is 0 Å². The van der Waals surface area contributed by atoms with Crippen molar-refractivity contribution in [3.63, 3.8) is 0 Å². The van der Waals surface area contributed by atoms with Gasteiger partial charge in [0.1, 0.15) is 6.61 Å². The van der Waals surface area contributed by atoms with Gasteiger partial charge in [-0.15, -0.1) is 0 Å². The van der Waals surface area contributed by atoms with Gasteiger partial charge in [0.2, 0.25) is 0 Å². The maximum Gasteiger partial charge on any atom is 0.331 e. The summed E-state index contributed by atoms with van der Waals surface area (Å²) >= 11 is 41.8. The quantitative estimate of drug-likeness (QED) is 0.237. The van der Waals surface area contributed by atoms with E-state index in [2.05, 4.69) is 0 Å². The second-order valence-electron chi connectivity index (χ2n) is 3.94. The third-order valence-corrected chi connectivity index (χ3v) is 5.46. The number of benzene rings is 1. The first kappa shape index (κ1) is 21.7. The van der Waals surface area contributed by atoms with Crippen LogP contribution in [-0.2, 0) is 14.3 Å². The zero-order valence-corrected chi connectivity index (χ0v) is 16.5. The molecule has 0 bridgehead atoms. The molecule has 0 saturated heterocycles. The summed E-state index contributed by atoms with van der Waals surface area (Å²) in [5.41, 5.74) is 0.0153. The number of carbonyl (C=O) groups excluding carboxylic acids is 1. The Morgan fingerprint density at radius 1 is 0.875 bits per heavy atom. The molecule has 0 saturated carbocycles. The van der Waals surface area contributed by atoms with Crippen molar-refractivity contribution in [2.24, 2.45) is 0 Å². The zero-order valence-electron chi connectivity index (χ0n) is 11.2. The van der Waals surface area contributed by atoms with Gasteiger partial charge in [-0.3, -0.25) is 0 Å². The molecule has 0 spiro atoms. The molecule has 0 atom stereocenters. The molecule has 0 aliphatic rings. The molecule has 1 aromatic carbocycles. The highest BCUT2D eigenvalue weighted by molar-refractivity contribution is 6.61. The molecule has 1 N–H and O–H groups in total. The largest absolute Gasteiger partial charge is 0.478 e. The van der Waals surface area contributed by atoms with Gasteiger partial charge in [0.15, 0.2) is 0 Å². The molecule has 0 aromatic heterocycles. The predicted octanol–water partition coefficient (Wildman–Crippen LogP) is 6.28. The van der Waals surface area contributed by atoms with Crippen LogP contribution in [0.5, 0.6) is 0 Å². The summed E-state index contributed by atoms with van der Waals surface area (Å²) in [6.45, 7) is -0.465. The normalized spacial score (nSPS) is 12.3. The second-order valence-corrected chi connectivity index (χ2v) is 6.67. The van der Waals surface area contributed by atoms with Gasteiger partial charge in [-0.25, -0.2) is 9.59 Å². The Kier molecular flexibility index (Phi) is 8.50. The molecule has 24 heavy (non-hydrogen) atoms. The summed E-state index contributed by atoms with van der Waals surface area (Å²) in [5.74, 6) is -2.25. The molecule has 0 heterocycles. The highest BCUT2D eigenvalue weighted by Crippen LogP contribution is 2.48. The van der Waals surface area contributed by atoms with Gasteiger partial charge in [0.25, 0.3) is 0 Å². The van der Waals surface area contributed by atoms with E-state index in [0.29, 0.717) is 12.2 Å². The predicted molar refractivity (Wildman–Crippen MR) is 97.9 cm³/mol. The molecular weight excluding hydrogens is 468 g/mol. The molecule has 11 heteroatoms. The van der Waals surface area contributed by atoms with E-state index in [0.717, 1.165) is 0 Å². The Balaban J connectivity index is 3.12. The number of esters is 1. The molecule has 0 aliphatic carbocycles. The van der Waals surface area contributed by atoms with E-state index >= 15 is 0 Å². The Hall–Kier alpha value is -0.330. The van der Waals surface area contributed by atoms with E-state index in [1.54, 1.807) is 0 Å². The van der Waals surface area contributed by atoms with Gasteiger partial charge in [-0.05, 0) is 0 Å². The lowest BCUT2D eigenvalue weighted by Gasteiger charge is -2.13. The van der Waals surface area contributed by atoms with Crippen molar-refractivity contribution in [1.29, 1.82) is 0 Å². The monoisotopic (exact) mass is 470 g/mol. The van der Waals surface area contributed by atoms with E-state index < -0.39 is 18.5 Å². The molecule has 0 fully saturated rings. The Bertz CT molecular complexity index is 726. The number of carboxylic acid groups (broad SMARTS) is 1. The van der Waals surface area contributed by atoms with Crippen LogP contribution in [0.15, 0.2) is 17.2 Å². The molecule has 4 nitrogen and oxygen atoms in total. The van der Waals surface area contributed by atoms with Crippen LogP contribution in [0.2, 0.25) is 25.1 Å². The zero-order chi connectivity index (χ0) is 18.6. The number of carboxylic acids is 1. The Labute approximate surface area is 171 Å². The number of ether oxygens (including phenoxy) is 1. The minimum atomic E-state index is -1.31. The fourth-order valence-electron chi connectivity index (χ4n) is 1.32. The molecule has 1 aromatic rings. The van der Waals surface area contributed by atoms with Crippen molar-refractivity contribution in [2.75, 3.05) is 6.61 Å². The number of carbonyl (C=O) groups is 2. The van der Waals surface area contributed by atoms with Crippen molar-refractivity contribution in [1.82, 2.24) is 0 Å². The van der Waals surface area contributed by atoms with Crippen LogP contribution in [0, 0.1) is 0 Å². The van der Waals surface area contributed by atoms with Crippen LogP contribution in [-0.4, -0.2) is 23.7 Å². The molecule has 0 unspecified atom stereocenters. The average molecular weight is 473 g/mol. The number of hydrogen-bond donors (Lipinski definition) is 1. The fraction of sp³-hybridized carbons (Fsp3) is 0.0769. The van der Waals surface area contributed by atoms with E-state index in [1.165, 1.54) is 0 Å². The van der Waals surface area contributed by atoms with Crippen LogP contribution in [0.25, 0.3) is 5.03 Å². The van der Waals surface area contributed by atoms with Crippen molar-refractivity contribution >= 4 is 98.2 Å². The van der Waals surface area contributed by atoms with E-state index in [9.17, 15) is 9.59 Å². The van der Waals surface area contributed by atoms with Crippen molar-refractivity contribution in [2.45, 2.75) is 0 Å². The Morgan fingerprint density at radius 3 is 1.79 bits per heavy atom. The first-order chi connectivity index (χ1) is 11.1. The summed E-state index contributed by atoms with van der Waals surface area (Å²) in [5, 5.41) is 7.70. The summed E-state index contributed by atoms with van der Waals surface area (Å²) in [4.78, 5) is 21.6. The van der Waals surface area contributed by atoms with Gasteiger partial charge >= 0.3 is 11.9 Å². The summed E-state index contributed by atoms with van der Waals surface area (Å²) in [7, 11) is 0. The molecule has 0 aliphatic heterocycles. The number of hydrogen-bond acceptors (Lipinski definition) is 3. The van der Waals surface area contributed by atoms with E-state index in [-0.39, 0.29) is 40.7 Å². The number of aliphatic carboxylic acids is 1. The van der Waals surface area contributed by atoms with Gasteiger partial charge in [-0.1, -0.05) is 81.2 Å². The topological polar surface area (TPSA) is 63.6 Å². The number of rotatable bonds is 5. The summed E-state index contributed by atoms with van der Waals surface area (Å²) in [6, 6.07) is 0. The number of halogens is 7. The average Bonchev–Trinajstić information content (AvgIpc) is 2.54.